The molecule has 1 saturated heterocycles. The summed E-state index contributed by atoms with van der Waals surface area (Å²) in [5.41, 5.74) is 1.37. The third kappa shape index (κ3) is 6.06. The summed E-state index contributed by atoms with van der Waals surface area (Å²) >= 11 is 12.1. The van der Waals surface area contributed by atoms with Gasteiger partial charge in [0.15, 0.2) is 0 Å². The zero-order valence-electron chi connectivity index (χ0n) is 19.8. The maximum absolute atomic E-state index is 13.6. The predicted octanol–water partition coefficient (Wildman–Crippen LogP) is 4.94. The minimum atomic E-state index is -4.03. The molecule has 0 aliphatic carbocycles. The molecule has 190 valence electrons. The molecule has 1 fully saturated rings. The summed E-state index contributed by atoms with van der Waals surface area (Å²) in [5.74, 6) is 0.348. The van der Waals surface area contributed by atoms with Crippen molar-refractivity contribution < 1.29 is 17.9 Å². The fraction of sp³-hybridized carbons (Fsp3) is 0.269. The van der Waals surface area contributed by atoms with Crippen molar-refractivity contribution in [1.82, 2.24) is 4.90 Å². The standard InChI is InChI=1S/C26H27Cl2N3O4S/c1-2-35-24-10-8-22(9-11-24)31(36(33,34)25-12-6-20(27)7-13-25)19-26(32)30-16-14-29(15-17-30)23-5-3-4-21(28)18-23/h3-13,18H,2,14-17,19H2,1H3. The van der Waals surface area contributed by atoms with E-state index in [0.29, 0.717) is 54.3 Å². The van der Waals surface area contributed by atoms with Crippen molar-refractivity contribution in [2.24, 2.45) is 0 Å². The number of carbonyl (C=O) groups is 1. The molecule has 4 rings (SSSR count). The molecule has 36 heavy (non-hydrogen) atoms. The Hall–Kier alpha value is -2.94. The third-order valence-electron chi connectivity index (χ3n) is 5.92. The molecule has 0 aromatic heterocycles. The molecule has 1 heterocycles. The number of hydrogen-bond acceptors (Lipinski definition) is 5. The average molecular weight is 548 g/mol. The lowest BCUT2D eigenvalue weighted by Crippen LogP contribution is -2.52. The van der Waals surface area contributed by atoms with E-state index in [-0.39, 0.29) is 17.3 Å². The highest BCUT2D eigenvalue weighted by Gasteiger charge is 2.30. The Bertz CT molecular complexity index is 1290. The van der Waals surface area contributed by atoms with Crippen LogP contribution in [0.4, 0.5) is 11.4 Å². The zero-order chi connectivity index (χ0) is 25.7. The normalized spacial score (nSPS) is 14.0. The van der Waals surface area contributed by atoms with E-state index in [4.69, 9.17) is 27.9 Å². The largest absolute Gasteiger partial charge is 0.494 e. The minimum absolute atomic E-state index is 0.0550. The fourth-order valence-corrected chi connectivity index (χ4v) is 5.76. The molecule has 3 aromatic rings. The van der Waals surface area contributed by atoms with Crippen LogP contribution in [0.3, 0.4) is 0 Å². The second-order valence-corrected chi connectivity index (χ2v) is 11.0. The van der Waals surface area contributed by atoms with Crippen LogP contribution in [0.2, 0.25) is 10.0 Å². The number of anilines is 2. The molecule has 3 aromatic carbocycles. The van der Waals surface area contributed by atoms with Gasteiger partial charge in [-0.3, -0.25) is 9.10 Å². The maximum Gasteiger partial charge on any atom is 0.264 e. The minimum Gasteiger partial charge on any atom is -0.494 e. The van der Waals surface area contributed by atoms with Gasteiger partial charge in [0.05, 0.1) is 17.2 Å². The number of hydrogen-bond donors (Lipinski definition) is 0. The highest BCUT2D eigenvalue weighted by molar-refractivity contribution is 7.92. The van der Waals surface area contributed by atoms with Crippen LogP contribution in [0.15, 0.2) is 77.7 Å². The molecule has 1 aliphatic rings. The topological polar surface area (TPSA) is 70.2 Å². The van der Waals surface area contributed by atoms with Crippen molar-refractivity contribution in [1.29, 1.82) is 0 Å². The highest BCUT2D eigenvalue weighted by Crippen LogP contribution is 2.27. The van der Waals surface area contributed by atoms with Crippen molar-refractivity contribution in [3.8, 4) is 5.75 Å². The molecule has 0 spiro atoms. The molecular formula is C26H27Cl2N3O4S. The van der Waals surface area contributed by atoms with Gasteiger partial charge in [0.25, 0.3) is 10.0 Å². The van der Waals surface area contributed by atoms with Crippen LogP contribution in [0, 0.1) is 0 Å². The van der Waals surface area contributed by atoms with Gasteiger partial charge < -0.3 is 14.5 Å². The molecule has 0 bridgehead atoms. The van der Waals surface area contributed by atoms with Gasteiger partial charge in [-0.15, -0.1) is 0 Å². The van der Waals surface area contributed by atoms with Crippen molar-refractivity contribution in [2.45, 2.75) is 11.8 Å². The molecule has 0 atom stereocenters. The molecule has 0 radical (unpaired) electrons. The highest BCUT2D eigenvalue weighted by atomic mass is 35.5. The molecule has 0 unspecified atom stereocenters. The Morgan fingerprint density at radius 1 is 0.917 bits per heavy atom. The SMILES string of the molecule is CCOc1ccc(N(CC(=O)N2CCN(c3cccc(Cl)c3)CC2)S(=O)(=O)c2ccc(Cl)cc2)cc1. The van der Waals surface area contributed by atoms with E-state index in [0.717, 1.165) is 9.99 Å². The van der Waals surface area contributed by atoms with E-state index < -0.39 is 10.0 Å². The van der Waals surface area contributed by atoms with Crippen molar-refractivity contribution >= 4 is 50.5 Å². The molecule has 1 amide bonds. The lowest BCUT2D eigenvalue weighted by Gasteiger charge is -2.37. The lowest BCUT2D eigenvalue weighted by molar-refractivity contribution is -0.129. The molecule has 1 aliphatic heterocycles. The predicted molar refractivity (Wildman–Crippen MR) is 144 cm³/mol. The van der Waals surface area contributed by atoms with Gasteiger partial charge >= 0.3 is 0 Å². The van der Waals surface area contributed by atoms with Gasteiger partial charge in [-0.1, -0.05) is 29.3 Å². The monoisotopic (exact) mass is 547 g/mol. The second-order valence-electron chi connectivity index (χ2n) is 8.24. The zero-order valence-corrected chi connectivity index (χ0v) is 22.1. The van der Waals surface area contributed by atoms with E-state index in [1.165, 1.54) is 24.3 Å². The second kappa shape index (κ2) is 11.4. The van der Waals surface area contributed by atoms with Crippen LogP contribution in [0.5, 0.6) is 5.75 Å². The molecule has 10 heteroatoms. The number of carbonyl (C=O) groups excluding carboxylic acids is 1. The number of halogens is 2. The number of benzene rings is 3. The number of ether oxygens (including phenoxy) is 1. The Kier molecular flexibility index (Phi) is 8.28. The Labute approximate surface area is 221 Å². The number of rotatable bonds is 8. The van der Waals surface area contributed by atoms with Gasteiger partial charge in [-0.05, 0) is 73.7 Å². The summed E-state index contributed by atoms with van der Waals surface area (Å²) < 4.78 is 33.8. The van der Waals surface area contributed by atoms with Crippen LogP contribution in [0.1, 0.15) is 6.92 Å². The van der Waals surface area contributed by atoms with Crippen LogP contribution in [-0.4, -0.2) is 58.6 Å². The van der Waals surface area contributed by atoms with Crippen LogP contribution < -0.4 is 13.9 Å². The van der Waals surface area contributed by atoms with Gasteiger partial charge in [0.1, 0.15) is 12.3 Å². The molecule has 0 N–H and O–H groups in total. The smallest absolute Gasteiger partial charge is 0.264 e. The first-order valence-electron chi connectivity index (χ1n) is 11.6. The van der Waals surface area contributed by atoms with E-state index in [1.54, 1.807) is 29.2 Å². The molecular weight excluding hydrogens is 521 g/mol. The van der Waals surface area contributed by atoms with Gasteiger partial charge in [0, 0.05) is 41.9 Å². The Morgan fingerprint density at radius 2 is 1.58 bits per heavy atom. The summed E-state index contributed by atoms with van der Waals surface area (Å²) in [6, 6.07) is 20.2. The summed E-state index contributed by atoms with van der Waals surface area (Å²) in [6.45, 7) is 4.24. The summed E-state index contributed by atoms with van der Waals surface area (Å²) in [7, 11) is -4.03. The first kappa shape index (κ1) is 26.1. The fourth-order valence-electron chi connectivity index (χ4n) is 4.03. The van der Waals surface area contributed by atoms with Crippen LogP contribution in [-0.2, 0) is 14.8 Å². The van der Waals surface area contributed by atoms with Crippen molar-refractivity contribution in [3.63, 3.8) is 0 Å². The Morgan fingerprint density at radius 3 is 2.19 bits per heavy atom. The van der Waals surface area contributed by atoms with Crippen LogP contribution in [0.25, 0.3) is 0 Å². The average Bonchev–Trinajstić information content (AvgIpc) is 2.88. The van der Waals surface area contributed by atoms with Crippen molar-refractivity contribution in [3.05, 3.63) is 82.8 Å². The third-order valence-corrected chi connectivity index (χ3v) is 8.20. The number of piperazine rings is 1. The van der Waals surface area contributed by atoms with E-state index >= 15 is 0 Å². The van der Waals surface area contributed by atoms with Crippen molar-refractivity contribution in [2.75, 3.05) is 48.5 Å². The van der Waals surface area contributed by atoms with E-state index in [9.17, 15) is 13.2 Å². The van der Waals surface area contributed by atoms with E-state index in [1.807, 2.05) is 31.2 Å². The van der Waals surface area contributed by atoms with Gasteiger partial charge in [-0.25, -0.2) is 8.42 Å². The Balaban J connectivity index is 1.54. The number of nitrogens with zero attached hydrogens (tertiary/aromatic N) is 3. The molecule has 7 nitrogen and oxygen atoms in total. The van der Waals surface area contributed by atoms with Gasteiger partial charge in [0.2, 0.25) is 5.91 Å². The number of amides is 1. The number of sulfonamides is 1. The summed E-state index contributed by atoms with van der Waals surface area (Å²) in [5, 5.41) is 1.08. The molecule has 0 saturated carbocycles. The maximum atomic E-state index is 13.6. The summed E-state index contributed by atoms with van der Waals surface area (Å²) in [6.07, 6.45) is 0. The van der Waals surface area contributed by atoms with Crippen LogP contribution >= 0.6 is 23.2 Å². The first-order valence-corrected chi connectivity index (χ1v) is 13.8. The van der Waals surface area contributed by atoms with Gasteiger partial charge in [-0.2, -0.15) is 0 Å². The lowest BCUT2D eigenvalue weighted by atomic mass is 10.2. The first-order chi connectivity index (χ1) is 17.3. The van der Waals surface area contributed by atoms with E-state index in [2.05, 4.69) is 4.90 Å². The summed E-state index contributed by atoms with van der Waals surface area (Å²) in [4.78, 5) is 17.2. The quantitative estimate of drug-likeness (QED) is 0.399.